The molecular weight excluding hydrogens is 215 g/mol. The fraction of sp³-hybridized carbons (Fsp3) is 0.500. The topological polar surface area (TPSA) is 75.5 Å². The second-order valence-electron chi connectivity index (χ2n) is 5.34. The molecule has 1 fully saturated rings. The maximum atomic E-state index is 9.45. The molecular formula is C8H14B4N2O3. The van der Waals surface area contributed by atoms with Gasteiger partial charge in [0.25, 0.3) is 0 Å². The molecule has 1 aromatic rings. The molecule has 1 aliphatic carbocycles. The Hall–Kier alpha value is -0.940. The molecule has 2 rings (SSSR count). The van der Waals surface area contributed by atoms with Crippen LogP contribution in [-0.2, 0) is 0 Å². The van der Waals surface area contributed by atoms with Crippen molar-refractivity contribution in [3.63, 3.8) is 0 Å². The van der Waals surface area contributed by atoms with E-state index in [0.29, 0.717) is 17.1 Å². The van der Waals surface area contributed by atoms with Crippen molar-refractivity contribution in [3.05, 3.63) is 12.0 Å². The molecule has 0 amide bonds. The molecule has 9 heteroatoms. The Balaban J connectivity index is 2.40. The number of rotatable bonds is 4. The number of hydrogen-bond acceptors (Lipinski definition) is 5. The van der Waals surface area contributed by atoms with E-state index in [1.165, 1.54) is 6.33 Å². The van der Waals surface area contributed by atoms with Gasteiger partial charge in [-0.2, -0.15) is 0 Å². The van der Waals surface area contributed by atoms with Crippen molar-refractivity contribution >= 4 is 36.1 Å². The summed E-state index contributed by atoms with van der Waals surface area (Å²) in [6, 6.07) is 0. The van der Waals surface area contributed by atoms with Gasteiger partial charge in [-0.25, -0.2) is 9.97 Å². The third-order valence-electron chi connectivity index (χ3n) is 2.50. The van der Waals surface area contributed by atoms with Crippen molar-refractivity contribution in [2.24, 2.45) is 0 Å². The van der Waals surface area contributed by atoms with Crippen molar-refractivity contribution in [2.75, 3.05) is 0 Å². The van der Waals surface area contributed by atoms with E-state index in [-0.39, 0.29) is 5.88 Å². The van der Waals surface area contributed by atoms with Crippen LogP contribution < -0.4 is 10.2 Å². The predicted molar refractivity (Wildman–Crippen MR) is 72.8 cm³/mol. The predicted octanol–water partition coefficient (Wildman–Crippen LogP) is -4.08. The molecule has 0 atom stereocenters. The zero-order valence-corrected chi connectivity index (χ0v) is 10.3. The van der Waals surface area contributed by atoms with Crippen LogP contribution in [0.15, 0.2) is 6.33 Å². The summed E-state index contributed by atoms with van der Waals surface area (Å²) < 4.78 is 5.64. The van der Waals surface area contributed by atoms with Crippen LogP contribution in [0, 0.1) is 0 Å². The summed E-state index contributed by atoms with van der Waals surface area (Å²) in [5.74, 6) is 0.585. The molecule has 1 aromatic heterocycles. The Morgan fingerprint density at radius 3 is 2.41 bits per heavy atom. The monoisotopic (exact) mass is 230 g/mol. The number of nitrogens with zero attached hydrogens (tertiary/aromatic N) is 2. The fourth-order valence-electron chi connectivity index (χ4n) is 1.69. The van der Waals surface area contributed by atoms with E-state index in [9.17, 15) is 10.0 Å². The number of hydrogen-bond donors (Lipinski definition) is 2. The Labute approximate surface area is 103 Å². The first kappa shape index (κ1) is 12.5. The minimum atomic E-state index is -1.59. The quantitative estimate of drug-likeness (QED) is 0.514. The number of ether oxygens (including phenoxy) is 1. The third kappa shape index (κ3) is 3.04. The van der Waals surface area contributed by atoms with Gasteiger partial charge in [-0.05, 0) is 12.8 Å². The van der Waals surface area contributed by atoms with Crippen LogP contribution >= 0.6 is 0 Å². The summed E-state index contributed by atoms with van der Waals surface area (Å²) in [5, 5.41) is 18.5. The molecule has 1 aliphatic rings. The highest BCUT2D eigenvalue weighted by Gasteiger charge is 2.34. The molecule has 1 heterocycles. The average molecular weight is 229 g/mol. The molecule has 0 aromatic carbocycles. The van der Waals surface area contributed by atoms with Gasteiger partial charge < -0.3 is 14.8 Å². The summed E-state index contributed by atoms with van der Waals surface area (Å²) in [5.41, 5.74) is 1.01. The van der Waals surface area contributed by atoms with Crippen LogP contribution in [0.25, 0.3) is 0 Å². The molecule has 1 saturated carbocycles. The van der Waals surface area contributed by atoms with Crippen LogP contribution in [0.4, 0.5) is 0 Å². The lowest BCUT2D eigenvalue weighted by molar-refractivity contribution is 0.305. The second kappa shape index (κ2) is 4.38. The minimum absolute atomic E-state index is 0.268. The van der Waals surface area contributed by atoms with Crippen molar-refractivity contribution < 1.29 is 14.8 Å². The smallest absolute Gasteiger partial charge is 0.495 e. The lowest BCUT2D eigenvalue weighted by Crippen LogP contribution is -2.43. The Bertz CT molecular complexity index is 420. The summed E-state index contributed by atoms with van der Waals surface area (Å²) in [6.07, 6.45) is 3.48. The van der Waals surface area contributed by atoms with Crippen molar-refractivity contribution in [2.45, 2.75) is 24.1 Å². The van der Waals surface area contributed by atoms with E-state index in [1.807, 2.05) is 23.5 Å². The lowest BCUT2D eigenvalue weighted by atomic mass is 9.52. The Morgan fingerprint density at radius 2 is 1.94 bits per heavy atom. The fourth-order valence-corrected chi connectivity index (χ4v) is 1.69. The molecule has 0 saturated heterocycles. The van der Waals surface area contributed by atoms with Gasteiger partial charge in [0.1, 0.15) is 29.9 Å². The first-order chi connectivity index (χ1) is 7.88. The van der Waals surface area contributed by atoms with Gasteiger partial charge in [-0.3, -0.25) is 0 Å². The highest BCUT2D eigenvalue weighted by molar-refractivity contribution is 6.61. The zero-order valence-electron chi connectivity index (χ0n) is 10.3. The van der Waals surface area contributed by atoms with Crippen LogP contribution in [-0.4, -0.2) is 56.0 Å². The van der Waals surface area contributed by atoms with E-state index >= 15 is 0 Å². The van der Waals surface area contributed by atoms with Gasteiger partial charge >= 0.3 is 7.12 Å². The maximum absolute atomic E-state index is 9.45. The van der Waals surface area contributed by atoms with E-state index in [4.69, 9.17) is 4.74 Å². The summed E-state index contributed by atoms with van der Waals surface area (Å²) in [7, 11) is 4.07. The van der Waals surface area contributed by atoms with Crippen molar-refractivity contribution in [1.29, 1.82) is 0 Å². The van der Waals surface area contributed by atoms with Crippen LogP contribution in [0.3, 0.4) is 0 Å². The Kier molecular flexibility index (Phi) is 3.23. The highest BCUT2D eigenvalue weighted by atomic mass is 16.5. The molecule has 0 bridgehead atoms. The van der Waals surface area contributed by atoms with Crippen molar-refractivity contribution in [1.82, 2.24) is 9.97 Å². The second-order valence-corrected chi connectivity index (χ2v) is 5.34. The van der Waals surface area contributed by atoms with Crippen molar-refractivity contribution in [3.8, 4) is 5.88 Å². The minimum Gasteiger partial charge on any atom is -0.499 e. The van der Waals surface area contributed by atoms with E-state index in [1.54, 1.807) is 0 Å². The normalized spacial score (nSPS) is 15.6. The van der Waals surface area contributed by atoms with Gasteiger partial charge in [0.15, 0.2) is 0 Å². The van der Waals surface area contributed by atoms with Gasteiger partial charge in [-0.15, -0.1) is 0 Å². The molecule has 2 N–H and O–H groups in total. The third-order valence-corrected chi connectivity index (χ3v) is 2.50. The SMILES string of the molecule is BC(B)(B)Oc1ncnc(C2CC2)c1B(O)O. The standard InChI is InChI=1S/C8H14B4N2O3/c9-8(10,11)17-7-5(12(15)16)6(4-1-2-4)13-3-14-7/h3-4,15-16H,1-2,9-11H2. The zero-order chi connectivity index (χ0) is 12.6. The first-order valence-corrected chi connectivity index (χ1v) is 5.78. The molecule has 0 aliphatic heterocycles. The van der Waals surface area contributed by atoms with Gasteiger partial charge in [-0.1, -0.05) is 0 Å². The molecule has 0 spiro atoms. The molecule has 5 nitrogen and oxygen atoms in total. The highest BCUT2D eigenvalue weighted by Crippen LogP contribution is 2.38. The van der Waals surface area contributed by atoms with Gasteiger partial charge in [0.05, 0.1) is 11.2 Å². The van der Waals surface area contributed by atoms with Crippen LogP contribution in [0.5, 0.6) is 5.88 Å². The van der Waals surface area contributed by atoms with Gasteiger partial charge in [0, 0.05) is 11.2 Å². The maximum Gasteiger partial charge on any atom is 0.495 e. The van der Waals surface area contributed by atoms with Crippen LogP contribution in [0.2, 0.25) is 0 Å². The van der Waals surface area contributed by atoms with Gasteiger partial charge in [0.2, 0.25) is 5.88 Å². The molecule has 17 heavy (non-hydrogen) atoms. The first-order valence-electron chi connectivity index (χ1n) is 5.78. The number of aromatic nitrogens is 2. The van der Waals surface area contributed by atoms with E-state index in [0.717, 1.165) is 12.8 Å². The summed E-state index contributed by atoms with van der Waals surface area (Å²) in [6.45, 7) is 0. The Morgan fingerprint density at radius 1 is 1.29 bits per heavy atom. The summed E-state index contributed by atoms with van der Waals surface area (Å²) in [4.78, 5) is 8.14. The van der Waals surface area contributed by atoms with E-state index < -0.39 is 12.4 Å². The molecule has 86 valence electrons. The summed E-state index contributed by atoms with van der Waals surface area (Å²) >= 11 is 0. The molecule has 0 unspecified atom stereocenters. The van der Waals surface area contributed by atoms with Crippen LogP contribution in [0.1, 0.15) is 24.5 Å². The average Bonchev–Trinajstić information content (AvgIpc) is 2.96. The largest absolute Gasteiger partial charge is 0.499 e. The molecule has 0 radical (unpaired) electrons. The lowest BCUT2D eigenvalue weighted by Gasteiger charge is -2.23. The van der Waals surface area contributed by atoms with E-state index in [2.05, 4.69) is 9.97 Å².